The Morgan fingerprint density at radius 2 is 0.797 bits per heavy atom. The van der Waals surface area contributed by atoms with E-state index in [2.05, 4.69) is 50.3 Å². The van der Waals surface area contributed by atoms with E-state index in [1.807, 2.05) is 18.2 Å². The van der Waals surface area contributed by atoms with Crippen molar-refractivity contribution >= 4 is 19.8 Å². The zero-order valence-corrected chi connectivity index (χ0v) is 38.1. The van der Waals surface area contributed by atoms with Crippen molar-refractivity contribution in [3.63, 3.8) is 0 Å². The van der Waals surface area contributed by atoms with Crippen LogP contribution in [0, 0.1) is 0 Å². The van der Waals surface area contributed by atoms with Crippen LogP contribution < -0.4 is 0 Å². The largest absolute Gasteiger partial charge is 0.472 e. The lowest BCUT2D eigenvalue weighted by Gasteiger charge is -2.20. The second kappa shape index (κ2) is 43.7. The summed E-state index contributed by atoms with van der Waals surface area (Å²) in [5, 5.41) is 19.2. The smallest absolute Gasteiger partial charge is 0.457 e. The fourth-order valence-electron chi connectivity index (χ4n) is 6.25. The van der Waals surface area contributed by atoms with Crippen molar-refractivity contribution in [2.75, 3.05) is 26.4 Å². The van der Waals surface area contributed by atoms with Crippen molar-refractivity contribution in [2.24, 2.45) is 0 Å². The number of ether oxygens (including phenoxy) is 2. The number of phosphoric acid groups is 1. The molecule has 0 bridgehead atoms. The molecule has 0 saturated heterocycles. The first-order chi connectivity index (χ1) is 28.8. The number of aliphatic hydroxyl groups is 2. The number of carbonyl (C=O) groups excluding carboxylic acids is 2. The molecule has 10 nitrogen and oxygen atoms in total. The van der Waals surface area contributed by atoms with E-state index in [1.165, 1.54) is 109 Å². The first kappa shape index (κ1) is 56.7. The third kappa shape index (κ3) is 42.2. The van der Waals surface area contributed by atoms with Gasteiger partial charge in [-0.1, -0.05) is 203 Å². The lowest BCUT2D eigenvalue weighted by Crippen LogP contribution is -2.28. The quantitative estimate of drug-likeness (QED) is 0.0234. The summed E-state index contributed by atoms with van der Waals surface area (Å²) in [4.78, 5) is 34.5. The average molecular weight is 853 g/mol. The van der Waals surface area contributed by atoms with Gasteiger partial charge in [-0.3, -0.25) is 18.6 Å². The van der Waals surface area contributed by atoms with Crippen LogP contribution in [0.1, 0.15) is 194 Å². The van der Waals surface area contributed by atoms with Gasteiger partial charge in [0.05, 0.1) is 32.8 Å². The van der Waals surface area contributed by atoms with Gasteiger partial charge in [-0.25, -0.2) is 4.57 Å². The molecule has 0 heterocycles. The molecule has 0 rings (SSSR count). The van der Waals surface area contributed by atoms with E-state index in [1.54, 1.807) is 6.08 Å². The number of allylic oxidation sites excluding steroid dienone is 9. The van der Waals surface area contributed by atoms with Crippen molar-refractivity contribution in [3.8, 4) is 0 Å². The van der Waals surface area contributed by atoms with Gasteiger partial charge in [-0.15, -0.1) is 0 Å². The number of hydrogen-bond acceptors (Lipinski definition) is 9. The molecule has 0 saturated carbocycles. The summed E-state index contributed by atoms with van der Waals surface area (Å²) in [6.45, 7) is 2.00. The number of unbranched alkanes of at least 4 members (excludes halogenated alkanes) is 20. The Hall–Kier alpha value is -2.33. The van der Waals surface area contributed by atoms with Crippen LogP contribution >= 0.6 is 7.82 Å². The van der Waals surface area contributed by atoms with Gasteiger partial charge in [0.15, 0.2) is 0 Å². The van der Waals surface area contributed by atoms with Gasteiger partial charge in [0, 0.05) is 6.42 Å². The molecule has 3 unspecified atom stereocenters. The molecule has 342 valence electrons. The zero-order chi connectivity index (χ0) is 43.3. The van der Waals surface area contributed by atoms with Crippen molar-refractivity contribution in [1.82, 2.24) is 0 Å². The molecule has 0 spiro atoms. The highest BCUT2D eigenvalue weighted by molar-refractivity contribution is 7.47. The van der Waals surface area contributed by atoms with Crippen molar-refractivity contribution < 1.29 is 47.8 Å². The lowest BCUT2D eigenvalue weighted by molar-refractivity contribution is -0.153. The van der Waals surface area contributed by atoms with E-state index < -0.39 is 58.4 Å². The van der Waals surface area contributed by atoms with Gasteiger partial charge in [0.1, 0.15) is 12.2 Å². The molecule has 0 aliphatic carbocycles. The molecule has 0 radical (unpaired) electrons. The number of hydrogen-bond donors (Lipinski definition) is 3. The Balaban J connectivity index is 3.93. The standard InChI is InChI=1S/C48H85O10P/c1-3-5-7-9-11-13-15-17-19-20-21-22-23-24-26-28-30-32-34-36-38-40-48(52)58-46(42-50)44-56-59(53,54)55-43-45(41-49)57-47(51)39-37-35-33-31-29-27-25-18-16-14-12-10-8-6-4-2/h6,8,12,14,18,25,29,31,35,37,45-46,49-50H,3-5,7,9-11,13,15-17,19-24,26-28,30,32-34,36,38-44H2,1-2H3,(H,53,54)/b8-6-,14-12-,25-18-,31-29-,37-35-. The summed E-state index contributed by atoms with van der Waals surface area (Å²) in [7, 11) is -4.66. The highest BCUT2D eigenvalue weighted by atomic mass is 31.2. The van der Waals surface area contributed by atoms with Gasteiger partial charge in [0.2, 0.25) is 0 Å². The minimum absolute atomic E-state index is 0.0412. The topological polar surface area (TPSA) is 149 Å². The van der Waals surface area contributed by atoms with Crippen molar-refractivity contribution in [3.05, 3.63) is 60.8 Å². The van der Waals surface area contributed by atoms with Crippen molar-refractivity contribution in [1.29, 1.82) is 0 Å². The highest BCUT2D eigenvalue weighted by Crippen LogP contribution is 2.43. The van der Waals surface area contributed by atoms with Crippen LogP contribution in [0.3, 0.4) is 0 Å². The molecule has 0 amide bonds. The molecular formula is C48H85O10P. The van der Waals surface area contributed by atoms with E-state index in [9.17, 15) is 29.3 Å². The van der Waals surface area contributed by atoms with Gasteiger partial charge in [-0.2, -0.15) is 0 Å². The maximum Gasteiger partial charge on any atom is 0.472 e. The third-order valence-electron chi connectivity index (χ3n) is 9.78. The minimum atomic E-state index is -4.66. The first-order valence-corrected chi connectivity index (χ1v) is 24.7. The van der Waals surface area contributed by atoms with Crippen LogP contribution in [0.5, 0.6) is 0 Å². The molecular weight excluding hydrogens is 767 g/mol. The van der Waals surface area contributed by atoms with E-state index in [0.717, 1.165) is 44.9 Å². The Morgan fingerprint density at radius 3 is 1.15 bits per heavy atom. The molecule has 3 N–H and O–H groups in total. The summed E-state index contributed by atoms with van der Waals surface area (Å²) in [5.74, 6) is -1.15. The number of rotatable bonds is 43. The molecule has 0 aliphatic heterocycles. The van der Waals surface area contributed by atoms with Crippen LogP contribution in [-0.2, 0) is 32.7 Å². The molecule has 3 atom stereocenters. The fourth-order valence-corrected chi connectivity index (χ4v) is 7.03. The summed E-state index contributed by atoms with van der Waals surface area (Å²) in [6, 6.07) is 0. The zero-order valence-electron chi connectivity index (χ0n) is 37.2. The number of phosphoric ester groups is 1. The van der Waals surface area contributed by atoms with Crippen LogP contribution in [-0.4, -0.2) is 65.7 Å². The molecule has 0 aliphatic rings. The van der Waals surface area contributed by atoms with Crippen LogP contribution in [0.25, 0.3) is 0 Å². The highest BCUT2D eigenvalue weighted by Gasteiger charge is 2.27. The van der Waals surface area contributed by atoms with E-state index in [0.29, 0.717) is 12.8 Å². The number of esters is 2. The normalized spacial score (nSPS) is 14.3. The lowest BCUT2D eigenvalue weighted by atomic mass is 10.0. The average Bonchev–Trinajstić information content (AvgIpc) is 3.22. The van der Waals surface area contributed by atoms with Crippen molar-refractivity contribution in [2.45, 2.75) is 206 Å². The molecule has 0 aromatic rings. The molecule has 11 heteroatoms. The molecule has 0 aromatic carbocycles. The first-order valence-electron chi connectivity index (χ1n) is 23.2. The second-order valence-electron chi connectivity index (χ2n) is 15.4. The van der Waals surface area contributed by atoms with Gasteiger partial charge in [-0.05, 0) is 38.5 Å². The second-order valence-corrected chi connectivity index (χ2v) is 16.8. The van der Waals surface area contributed by atoms with Gasteiger partial charge < -0.3 is 24.6 Å². The van der Waals surface area contributed by atoms with E-state index >= 15 is 0 Å². The number of aliphatic hydroxyl groups excluding tert-OH is 2. The predicted molar refractivity (Wildman–Crippen MR) is 242 cm³/mol. The predicted octanol–water partition coefficient (Wildman–Crippen LogP) is 12.7. The molecule has 59 heavy (non-hydrogen) atoms. The summed E-state index contributed by atoms with van der Waals surface area (Å²) >= 11 is 0. The van der Waals surface area contributed by atoms with Crippen LogP contribution in [0.15, 0.2) is 60.8 Å². The van der Waals surface area contributed by atoms with Gasteiger partial charge in [0.25, 0.3) is 0 Å². The monoisotopic (exact) mass is 853 g/mol. The third-order valence-corrected chi connectivity index (χ3v) is 10.7. The summed E-state index contributed by atoms with van der Waals surface area (Å²) in [6.07, 6.45) is 49.5. The van der Waals surface area contributed by atoms with E-state index in [-0.39, 0.29) is 12.8 Å². The van der Waals surface area contributed by atoms with Crippen LogP contribution in [0.4, 0.5) is 0 Å². The Labute approximate surface area is 359 Å². The van der Waals surface area contributed by atoms with Crippen LogP contribution in [0.2, 0.25) is 0 Å². The maximum absolute atomic E-state index is 12.4. The SMILES string of the molecule is CC/C=C\C/C=C\C/C=C\C/C=C\C/C=C\CC(=O)OC(CO)COP(=O)(O)OCC(CO)OC(=O)CCCCCCCCCCCCCCCCCCCCCCC. The number of carbonyl (C=O) groups is 2. The summed E-state index contributed by atoms with van der Waals surface area (Å²) < 4.78 is 32.5. The molecule has 0 aromatic heterocycles. The van der Waals surface area contributed by atoms with Gasteiger partial charge >= 0.3 is 19.8 Å². The Morgan fingerprint density at radius 1 is 0.475 bits per heavy atom. The summed E-state index contributed by atoms with van der Waals surface area (Å²) in [5.41, 5.74) is 0. The minimum Gasteiger partial charge on any atom is -0.457 e. The van der Waals surface area contributed by atoms with E-state index in [4.69, 9.17) is 18.5 Å². The fraction of sp³-hybridized carbons (Fsp3) is 0.750. The Bertz CT molecular complexity index is 1160. The maximum atomic E-state index is 12.4. The molecule has 0 fully saturated rings. The Kier molecular flexibility index (Phi) is 42.0.